The maximum Gasteiger partial charge on any atom is 0.227 e. The lowest BCUT2D eigenvalue weighted by Crippen LogP contribution is -2.59. The number of hydrogen-bond donors (Lipinski definition) is 2. The van der Waals surface area contributed by atoms with Gasteiger partial charge in [0.1, 0.15) is 0 Å². The van der Waals surface area contributed by atoms with Crippen LogP contribution in [0.25, 0.3) is 0 Å². The van der Waals surface area contributed by atoms with Gasteiger partial charge in [-0.1, -0.05) is 25.7 Å². The van der Waals surface area contributed by atoms with Crippen LogP contribution in [0, 0.1) is 11.3 Å². The first-order valence-corrected chi connectivity index (χ1v) is 11.0. The predicted molar refractivity (Wildman–Crippen MR) is 103 cm³/mol. The van der Waals surface area contributed by atoms with Crippen LogP contribution >= 0.6 is 0 Å². The van der Waals surface area contributed by atoms with E-state index in [1.54, 1.807) is 0 Å². The molecule has 0 radical (unpaired) electrons. The second-order valence-electron chi connectivity index (χ2n) is 9.27. The van der Waals surface area contributed by atoms with Crippen molar-refractivity contribution >= 4 is 5.91 Å². The summed E-state index contributed by atoms with van der Waals surface area (Å²) in [6.45, 7) is 4.99. The molecule has 0 unspecified atom stereocenters. The van der Waals surface area contributed by atoms with Gasteiger partial charge in [-0.05, 0) is 51.0 Å². The van der Waals surface area contributed by atoms with Gasteiger partial charge in [0.15, 0.2) is 0 Å². The monoisotopic (exact) mass is 363 g/mol. The number of nitrogens with one attached hydrogen (secondary N) is 2. The number of hydrogen-bond acceptors (Lipinski definition) is 4. The highest BCUT2D eigenvalue weighted by Crippen LogP contribution is 2.44. The van der Waals surface area contributed by atoms with Gasteiger partial charge in [0.05, 0.1) is 11.5 Å². The average molecular weight is 364 g/mol. The summed E-state index contributed by atoms with van der Waals surface area (Å²) >= 11 is 0. The number of likely N-dealkylation sites (tertiary alicyclic amines) is 1. The zero-order valence-corrected chi connectivity index (χ0v) is 16.5. The molecule has 0 aromatic carbocycles. The number of carbonyl (C=O) groups excluding carboxylic acids is 1. The van der Waals surface area contributed by atoms with Gasteiger partial charge in [0.2, 0.25) is 5.91 Å². The topological polar surface area (TPSA) is 53.6 Å². The van der Waals surface area contributed by atoms with Gasteiger partial charge in [-0.15, -0.1) is 0 Å². The minimum absolute atomic E-state index is 0.124. The van der Waals surface area contributed by atoms with Gasteiger partial charge >= 0.3 is 0 Å². The van der Waals surface area contributed by atoms with Gasteiger partial charge in [0.25, 0.3) is 0 Å². The molecule has 2 saturated carbocycles. The fraction of sp³-hybridized carbons (Fsp3) is 0.952. The molecule has 4 fully saturated rings. The van der Waals surface area contributed by atoms with Crippen molar-refractivity contribution in [3.8, 4) is 0 Å². The molecular formula is C21H37N3O2. The lowest BCUT2D eigenvalue weighted by Gasteiger charge is -2.46. The second kappa shape index (κ2) is 7.76. The zero-order valence-electron chi connectivity index (χ0n) is 16.5. The molecule has 2 aliphatic carbocycles. The van der Waals surface area contributed by atoms with Crippen LogP contribution in [0.1, 0.15) is 64.2 Å². The third kappa shape index (κ3) is 3.31. The molecule has 4 aliphatic rings. The molecule has 2 heterocycles. The van der Waals surface area contributed by atoms with E-state index in [-0.39, 0.29) is 11.0 Å². The van der Waals surface area contributed by atoms with E-state index in [9.17, 15) is 4.79 Å². The third-order valence-electron chi connectivity index (χ3n) is 8.05. The Balaban J connectivity index is 1.40. The van der Waals surface area contributed by atoms with E-state index in [0.29, 0.717) is 17.9 Å². The van der Waals surface area contributed by atoms with Crippen molar-refractivity contribution in [2.75, 3.05) is 39.8 Å². The Morgan fingerprint density at radius 2 is 1.85 bits per heavy atom. The van der Waals surface area contributed by atoms with Crippen molar-refractivity contribution in [3.63, 3.8) is 0 Å². The highest BCUT2D eigenvalue weighted by molar-refractivity contribution is 5.84. The SMILES string of the molecule is COC1CCN(C2(CNC(=O)[C@@]34CCCC[C@H]3CNC4)CCCC2)CC1. The van der Waals surface area contributed by atoms with Crippen LogP contribution in [-0.4, -0.2) is 62.3 Å². The molecule has 26 heavy (non-hydrogen) atoms. The van der Waals surface area contributed by atoms with Gasteiger partial charge < -0.3 is 15.4 Å². The summed E-state index contributed by atoms with van der Waals surface area (Å²) in [5, 5.41) is 6.98. The van der Waals surface area contributed by atoms with Crippen LogP contribution in [-0.2, 0) is 9.53 Å². The number of piperidine rings is 1. The van der Waals surface area contributed by atoms with Gasteiger partial charge in [-0.2, -0.15) is 0 Å². The largest absolute Gasteiger partial charge is 0.381 e. The fourth-order valence-corrected chi connectivity index (χ4v) is 6.32. The molecule has 4 rings (SSSR count). The highest BCUT2D eigenvalue weighted by atomic mass is 16.5. The number of nitrogens with zero attached hydrogens (tertiary/aromatic N) is 1. The Hall–Kier alpha value is -0.650. The van der Waals surface area contributed by atoms with E-state index < -0.39 is 0 Å². The summed E-state index contributed by atoms with van der Waals surface area (Å²) in [5.74, 6) is 0.887. The molecule has 0 spiro atoms. The van der Waals surface area contributed by atoms with E-state index in [0.717, 1.165) is 52.0 Å². The van der Waals surface area contributed by atoms with Crippen LogP contribution in [0.2, 0.25) is 0 Å². The molecular weight excluding hydrogens is 326 g/mol. The second-order valence-corrected chi connectivity index (χ2v) is 9.27. The fourth-order valence-electron chi connectivity index (χ4n) is 6.32. The Morgan fingerprint density at radius 3 is 2.58 bits per heavy atom. The lowest BCUT2D eigenvalue weighted by atomic mass is 9.67. The maximum absolute atomic E-state index is 13.3. The van der Waals surface area contributed by atoms with Crippen LogP contribution in [0.3, 0.4) is 0 Å². The normalized spacial score (nSPS) is 35.3. The number of ether oxygens (including phenoxy) is 1. The number of fused-ring (bicyclic) bond motifs is 1. The summed E-state index contributed by atoms with van der Waals surface area (Å²) in [4.78, 5) is 16.0. The summed E-state index contributed by atoms with van der Waals surface area (Å²) < 4.78 is 5.56. The Labute approximate surface area is 158 Å². The Kier molecular flexibility index (Phi) is 5.58. The van der Waals surface area contributed by atoms with Crippen molar-refractivity contribution in [1.29, 1.82) is 0 Å². The predicted octanol–water partition coefficient (Wildman–Crippen LogP) is 2.31. The highest BCUT2D eigenvalue weighted by Gasteiger charge is 2.50. The van der Waals surface area contributed by atoms with Crippen molar-refractivity contribution in [1.82, 2.24) is 15.5 Å². The van der Waals surface area contributed by atoms with Crippen LogP contribution in [0.15, 0.2) is 0 Å². The van der Waals surface area contributed by atoms with Crippen LogP contribution in [0.5, 0.6) is 0 Å². The van der Waals surface area contributed by atoms with E-state index >= 15 is 0 Å². The molecule has 2 saturated heterocycles. The van der Waals surface area contributed by atoms with Gasteiger partial charge in [-0.3, -0.25) is 9.69 Å². The molecule has 2 N–H and O–H groups in total. The average Bonchev–Trinajstić information content (AvgIpc) is 3.34. The minimum atomic E-state index is -0.124. The van der Waals surface area contributed by atoms with E-state index in [1.165, 1.54) is 44.9 Å². The summed E-state index contributed by atoms with van der Waals surface area (Å²) in [6, 6.07) is 0. The molecule has 148 valence electrons. The number of carbonyl (C=O) groups is 1. The van der Waals surface area contributed by atoms with Gasteiger partial charge in [-0.25, -0.2) is 0 Å². The smallest absolute Gasteiger partial charge is 0.227 e. The zero-order chi connectivity index (χ0) is 18.0. The third-order valence-corrected chi connectivity index (χ3v) is 8.05. The molecule has 2 aliphatic heterocycles. The number of rotatable bonds is 5. The molecule has 1 amide bonds. The lowest BCUT2D eigenvalue weighted by molar-refractivity contribution is -0.134. The molecule has 5 nitrogen and oxygen atoms in total. The standard InChI is InChI=1S/C21H37N3O2/c1-26-18-7-12-24(13-8-18)20(9-4-5-10-20)15-23-19(25)21-11-3-2-6-17(21)14-22-16-21/h17-18,22H,2-16H2,1H3,(H,23,25)/t17-,21+/m0/s1. The number of methoxy groups -OCH3 is 1. The molecule has 0 bridgehead atoms. The summed E-state index contributed by atoms with van der Waals surface area (Å²) in [5.41, 5.74) is 0.0717. The summed E-state index contributed by atoms with van der Waals surface area (Å²) in [7, 11) is 1.83. The van der Waals surface area contributed by atoms with Gasteiger partial charge in [0, 0.05) is 38.8 Å². The van der Waals surface area contributed by atoms with Crippen LogP contribution in [0.4, 0.5) is 0 Å². The van der Waals surface area contributed by atoms with E-state index in [2.05, 4.69) is 15.5 Å². The maximum atomic E-state index is 13.3. The van der Waals surface area contributed by atoms with Crippen molar-refractivity contribution < 1.29 is 9.53 Å². The van der Waals surface area contributed by atoms with Crippen molar-refractivity contribution in [2.45, 2.75) is 75.9 Å². The first kappa shape index (κ1) is 18.7. The molecule has 2 atom stereocenters. The molecule has 0 aromatic heterocycles. The number of amides is 1. The quantitative estimate of drug-likeness (QED) is 0.787. The molecule has 5 heteroatoms. The Bertz CT molecular complexity index is 497. The van der Waals surface area contributed by atoms with E-state index in [4.69, 9.17) is 4.74 Å². The first-order chi connectivity index (χ1) is 12.7. The van der Waals surface area contributed by atoms with Crippen LogP contribution < -0.4 is 10.6 Å². The minimum Gasteiger partial charge on any atom is -0.381 e. The molecule has 0 aromatic rings. The van der Waals surface area contributed by atoms with E-state index in [1.807, 2.05) is 7.11 Å². The van der Waals surface area contributed by atoms with Crippen molar-refractivity contribution in [3.05, 3.63) is 0 Å². The van der Waals surface area contributed by atoms with Crippen molar-refractivity contribution in [2.24, 2.45) is 11.3 Å². The Morgan fingerprint density at radius 1 is 1.12 bits per heavy atom. The first-order valence-electron chi connectivity index (χ1n) is 11.0. The summed E-state index contributed by atoms with van der Waals surface area (Å²) in [6.07, 6.45) is 12.5.